The smallest absolute Gasteiger partial charge is 0.258 e. The van der Waals surface area contributed by atoms with E-state index in [0.29, 0.717) is 36.9 Å². The van der Waals surface area contributed by atoms with Gasteiger partial charge in [0, 0.05) is 19.5 Å². The normalized spacial score (nSPS) is 17.5. The summed E-state index contributed by atoms with van der Waals surface area (Å²) >= 11 is 0. The molecule has 0 bridgehead atoms. The van der Waals surface area contributed by atoms with Gasteiger partial charge in [-0.2, -0.15) is 9.41 Å². The summed E-state index contributed by atoms with van der Waals surface area (Å²) in [6.07, 6.45) is 2.00. The Kier molecular flexibility index (Phi) is 6.08. The number of carbonyl (C=O) groups excluding carboxylic acids is 1. The third kappa shape index (κ3) is 4.54. The van der Waals surface area contributed by atoms with E-state index in [-0.39, 0.29) is 4.90 Å². The first-order valence-corrected chi connectivity index (χ1v) is 12.6. The van der Waals surface area contributed by atoms with E-state index in [0.717, 1.165) is 21.1 Å². The number of hydrazone groups is 1. The van der Waals surface area contributed by atoms with Gasteiger partial charge in [0.25, 0.3) is 5.91 Å². The number of nitrogens with zero attached hydrogens (tertiary/aromatic N) is 3. The second-order valence-corrected chi connectivity index (χ2v) is 10.5. The lowest BCUT2D eigenvalue weighted by molar-refractivity contribution is -0.133. The molecular formula is C25H25N3O6S. The van der Waals surface area contributed by atoms with Crippen LogP contribution in [0.4, 0.5) is 0 Å². The fourth-order valence-electron chi connectivity index (χ4n) is 4.08. The Morgan fingerprint density at radius 1 is 1.09 bits per heavy atom. The Morgan fingerprint density at radius 3 is 2.54 bits per heavy atom. The highest BCUT2D eigenvalue weighted by atomic mass is 32.2. The molecule has 5 rings (SSSR count). The van der Waals surface area contributed by atoms with Gasteiger partial charge in [0.2, 0.25) is 10.0 Å². The lowest BCUT2D eigenvalue weighted by atomic mass is 10.0. The first kappa shape index (κ1) is 23.1. The molecule has 1 atom stereocenters. The van der Waals surface area contributed by atoms with Crippen LogP contribution in [0, 0.1) is 6.92 Å². The van der Waals surface area contributed by atoms with Gasteiger partial charge in [-0.3, -0.25) is 4.79 Å². The van der Waals surface area contributed by atoms with E-state index in [4.69, 9.17) is 13.9 Å². The minimum atomic E-state index is -3.96. The number of likely N-dealkylation sites (N-methyl/N-ethyl adjacent to an activating group) is 1. The number of ether oxygens (including phenoxy) is 2. The molecule has 2 aliphatic rings. The number of aryl methyl sites for hydroxylation is 1. The second kappa shape index (κ2) is 9.20. The third-order valence-corrected chi connectivity index (χ3v) is 7.80. The molecule has 0 radical (unpaired) electrons. The second-order valence-electron chi connectivity index (χ2n) is 8.45. The van der Waals surface area contributed by atoms with Crippen LogP contribution in [0.1, 0.15) is 29.3 Å². The molecule has 0 spiro atoms. The Balaban J connectivity index is 1.38. The van der Waals surface area contributed by atoms with E-state index >= 15 is 0 Å². The maximum Gasteiger partial charge on any atom is 0.258 e. The van der Waals surface area contributed by atoms with Gasteiger partial charge in [-0.1, -0.05) is 29.8 Å². The molecular weight excluding hydrogens is 470 g/mol. The average Bonchev–Trinajstić information content (AvgIpc) is 3.54. The summed E-state index contributed by atoms with van der Waals surface area (Å²) in [5.41, 5.74) is 2.76. The number of benzene rings is 2. The number of carbonyl (C=O) groups is 1. The molecule has 0 fully saturated rings. The van der Waals surface area contributed by atoms with Crippen molar-refractivity contribution in [1.82, 2.24) is 9.31 Å². The number of furan rings is 1. The van der Waals surface area contributed by atoms with Crippen LogP contribution in [-0.4, -0.2) is 56.2 Å². The molecule has 0 aliphatic carbocycles. The quantitative estimate of drug-likeness (QED) is 0.520. The molecule has 0 saturated heterocycles. The summed E-state index contributed by atoms with van der Waals surface area (Å²) < 4.78 is 44.0. The highest BCUT2D eigenvalue weighted by molar-refractivity contribution is 7.89. The van der Waals surface area contributed by atoms with E-state index in [1.165, 1.54) is 24.2 Å². The van der Waals surface area contributed by atoms with Gasteiger partial charge in [-0.25, -0.2) is 13.4 Å². The van der Waals surface area contributed by atoms with Crippen molar-refractivity contribution in [3.63, 3.8) is 0 Å². The zero-order chi connectivity index (χ0) is 24.6. The Morgan fingerprint density at radius 2 is 1.83 bits per heavy atom. The predicted octanol–water partition coefficient (Wildman–Crippen LogP) is 3.36. The fourth-order valence-corrected chi connectivity index (χ4v) is 5.21. The molecule has 2 aliphatic heterocycles. The molecule has 182 valence electrons. The van der Waals surface area contributed by atoms with Crippen LogP contribution in [-0.2, 0) is 14.8 Å². The largest absolute Gasteiger partial charge is 0.486 e. The summed E-state index contributed by atoms with van der Waals surface area (Å²) in [6, 6.07) is 15.4. The maximum atomic E-state index is 13.3. The van der Waals surface area contributed by atoms with Crippen LogP contribution in [0.25, 0.3) is 0 Å². The molecule has 0 saturated carbocycles. The van der Waals surface area contributed by atoms with Crippen molar-refractivity contribution in [2.75, 3.05) is 26.8 Å². The molecule has 2 aromatic carbocycles. The van der Waals surface area contributed by atoms with Gasteiger partial charge < -0.3 is 13.9 Å². The van der Waals surface area contributed by atoms with Gasteiger partial charge in [0.15, 0.2) is 11.5 Å². The van der Waals surface area contributed by atoms with Crippen molar-refractivity contribution in [2.45, 2.75) is 24.3 Å². The highest BCUT2D eigenvalue weighted by Crippen LogP contribution is 2.35. The number of amides is 1. The van der Waals surface area contributed by atoms with Crippen molar-refractivity contribution >= 4 is 21.6 Å². The Labute approximate surface area is 203 Å². The van der Waals surface area contributed by atoms with Crippen LogP contribution in [0.3, 0.4) is 0 Å². The summed E-state index contributed by atoms with van der Waals surface area (Å²) in [6.45, 7) is 2.36. The number of hydrogen-bond donors (Lipinski definition) is 0. The van der Waals surface area contributed by atoms with Crippen LogP contribution in [0.5, 0.6) is 11.5 Å². The van der Waals surface area contributed by atoms with Crippen LogP contribution in [0.15, 0.2) is 75.3 Å². The van der Waals surface area contributed by atoms with Gasteiger partial charge in [-0.05, 0) is 36.8 Å². The number of rotatable bonds is 6. The number of sulfonamides is 1. The fraction of sp³-hybridized carbons (Fsp3) is 0.280. The molecule has 0 unspecified atom stereocenters. The van der Waals surface area contributed by atoms with Crippen molar-refractivity contribution in [2.24, 2.45) is 5.10 Å². The van der Waals surface area contributed by atoms with E-state index in [9.17, 15) is 13.2 Å². The average molecular weight is 496 g/mol. The minimum absolute atomic E-state index is 0.0184. The van der Waals surface area contributed by atoms with E-state index in [2.05, 4.69) is 5.10 Å². The van der Waals surface area contributed by atoms with Crippen molar-refractivity contribution < 1.29 is 27.1 Å². The molecule has 9 nitrogen and oxygen atoms in total. The van der Waals surface area contributed by atoms with Gasteiger partial charge in [-0.15, -0.1) is 0 Å². The van der Waals surface area contributed by atoms with Gasteiger partial charge >= 0.3 is 0 Å². The summed E-state index contributed by atoms with van der Waals surface area (Å²) in [5.74, 6) is 0.978. The third-order valence-electron chi connectivity index (χ3n) is 6.00. The Bertz CT molecular complexity index is 1370. The van der Waals surface area contributed by atoms with Crippen molar-refractivity contribution in [3.8, 4) is 11.5 Å². The number of fused-ring (bicyclic) bond motifs is 1. The SMILES string of the molecule is Cc1ccc(C2=NN(C(=O)CN(C)S(=O)(=O)c3ccc4c(c3)OCCO4)[C@@H](c3ccco3)C2)cc1. The molecule has 35 heavy (non-hydrogen) atoms. The number of hydrogen-bond acceptors (Lipinski definition) is 7. The van der Waals surface area contributed by atoms with Gasteiger partial charge in [0.05, 0.1) is 23.4 Å². The van der Waals surface area contributed by atoms with Crippen LogP contribution in [0.2, 0.25) is 0 Å². The summed E-state index contributed by atoms with van der Waals surface area (Å²) in [4.78, 5) is 13.3. The van der Waals surface area contributed by atoms with Crippen molar-refractivity contribution in [1.29, 1.82) is 0 Å². The van der Waals surface area contributed by atoms with E-state index < -0.39 is 28.5 Å². The molecule has 1 aromatic heterocycles. The van der Waals surface area contributed by atoms with Crippen LogP contribution >= 0.6 is 0 Å². The lowest BCUT2D eigenvalue weighted by Gasteiger charge is -2.24. The van der Waals surface area contributed by atoms with Gasteiger partial charge in [0.1, 0.15) is 25.0 Å². The zero-order valence-electron chi connectivity index (χ0n) is 19.4. The lowest BCUT2D eigenvalue weighted by Crippen LogP contribution is -2.39. The van der Waals surface area contributed by atoms with Crippen molar-refractivity contribution in [3.05, 3.63) is 77.7 Å². The monoisotopic (exact) mass is 495 g/mol. The Hall–Kier alpha value is -3.63. The first-order chi connectivity index (χ1) is 16.8. The predicted molar refractivity (Wildman–Crippen MR) is 128 cm³/mol. The molecule has 0 N–H and O–H groups in total. The molecule has 3 aromatic rings. The molecule has 1 amide bonds. The van der Waals surface area contributed by atoms with Crippen LogP contribution < -0.4 is 9.47 Å². The zero-order valence-corrected chi connectivity index (χ0v) is 20.2. The van der Waals surface area contributed by atoms with E-state index in [1.54, 1.807) is 24.5 Å². The summed E-state index contributed by atoms with van der Waals surface area (Å²) in [5, 5.41) is 5.90. The standard InChI is InChI=1S/C25H25N3O6S/c1-17-5-7-18(8-6-17)20-15-21(22-4-3-11-32-22)28(26-20)25(29)16-27(2)35(30,31)19-9-10-23-24(14-19)34-13-12-33-23/h3-11,14,21H,12-13,15-16H2,1-2H3/t21-/m1/s1. The molecule has 3 heterocycles. The first-order valence-electron chi connectivity index (χ1n) is 11.2. The maximum absolute atomic E-state index is 13.3. The highest BCUT2D eigenvalue weighted by Gasteiger charge is 2.36. The minimum Gasteiger partial charge on any atom is -0.486 e. The topological polar surface area (TPSA) is 102 Å². The van der Waals surface area contributed by atoms with E-state index in [1.807, 2.05) is 31.2 Å². The molecule has 10 heteroatoms. The summed E-state index contributed by atoms with van der Waals surface area (Å²) in [7, 11) is -2.59.